The van der Waals surface area contributed by atoms with Gasteiger partial charge in [-0.05, 0) is 57.8 Å². The topological polar surface area (TPSA) is 95.9 Å². The first-order valence-corrected chi connectivity index (χ1v) is 37.1. The number of aliphatic hydroxyl groups excluding tert-OH is 2. The standard InChI is InChI=1S/C75H145NO5/c1-3-5-7-9-11-13-15-17-19-21-22-23-24-26-29-32-36-39-43-47-51-55-59-63-67-73(78)72(71-77)76-74(79)68-64-60-56-52-48-44-40-37-33-30-27-25-28-31-34-38-42-46-50-54-58-62-66-70-81-75(80)69-65-61-57-53-49-45-41-35-20-18-16-14-12-10-8-6-4-2/h25,28,30,33,72-73,77-78H,3-24,26-27,29,31-32,34-71H2,1-2H3,(H,76,79)/b28-25-,33-30-. The van der Waals surface area contributed by atoms with Crippen LogP contribution in [0, 0.1) is 0 Å². The minimum absolute atomic E-state index is 0.0122. The molecule has 0 saturated carbocycles. The molecule has 6 heteroatoms. The number of nitrogens with one attached hydrogen (secondary N) is 1. The van der Waals surface area contributed by atoms with Gasteiger partial charge in [0, 0.05) is 12.8 Å². The molecular weight excluding hydrogens is 995 g/mol. The maximum atomic E-state index is 12.6. The summed E-state index contributed by atoms with van der Waals surface area (Å²) in [6.45, 7) is 4.99. The smallest absolute Gasteiger partial charge is 0.305 e. The lowest BCUT2D eigenvalue weighted by Gasteiger charge is -2.22. The summed E-state index contributed by atoms with van der Waals surface area (Å²) in [6, 6.07) is -0.551. The highest BCUT2D eigenvalue weighted by Gasteiger charge is 2.20. The van der Waals surface area contributed by atoms with Crippen molar-refractivity contribution >= 4 is 11.9 Å². The lowest BCUT2D eigenvalue weighted by molar-refractivity contribution is -0.143. The van der Waals surface area contributed by atoms with E-state index < -0.39 is 12.1 Å². The molecule has 0 spiro atoms. The van der Waals surface area contributed by atoms with Crippen molar-refractivity contribution in [2.45, 2.75) is 431 Å². The summed E-state index contributed by atoms with van der Waals surface area (Å²) in [4.78, 5) is 24.7. The first kappa shape index (κ1) is 79.3. The summed E-state index contributed by atoms with van der Waals surface area (Å²) in [6.07, 6.45) is 89.5. The molecule has 0 fully saturated rings. The van der Waals surface area contributed by atoms with Gasteiger partial charge in [-0.25, -0.2) is 0 Å². The van der Waals surface area contributed by atoms with Gasteiger partial charge in [0.05, 0.1) is 25.4 Å². The second kappa shape index (κ2) is 70.8. The highest BCUT2D eigenvalue weighted by Crippen LogP contribution is 2.19. The first-order chi connectivity index (χ1) is 40.0. The third-order valence-corrected chi connectivity index (χ3v) is 17.5. The summed E-state index contributed by atoms with van der Waals surface area (Å²) >= 11 is 0. The second-order valence-corrected chi connectivity index (χ2v) is 25.6. The Morgan fingerprint density at radius 3 is 0.938 bits per heavy atom. The first-order valence-electron chi connectivity index (χ1n) is 37.1. The van der Waals surface area contributed by atoms with Crippen molar-refractivity contribution in [1.82, 2.24) is 5.32 Å². The van der Waals surface area contributed by atoms with Crippen LogP contribution in [0.3, 0.4) is 0 Å². The number of hydrogen-bond donors (Lipinski definition) is 3. The molecule has 0 heterocycles. The van der Waals surface area contributed by atoms with Crippen LogP contribution < -0.4 is 5.32 Å². The van der Waals surface area contributed by atoms with Crippen LogP contribution in [0.25, 0.3) is 0 Å². The fourth-order valence-electron chi connectivity index (χ4n) is 11.9. The third-order valence-electron chi connectivity index (χ3n) is 17.5. The van der Waals surface area contributed by atoms with Crippen LogP contribution >= 0.6 is 0 Å². The van der Waals surface area contributed by atoms with Crippen molar-refractivity contribution in [2.75, 3.05) is 13.2 Å². The predicted octanol–water partition coefficient (Wildman–Crippen LogP) is 24.1. The van der Waals surface area contributed by atoms with Gasteiger partial charge in [0.25, 0.3) is 0 Å². The monoisotopic (exact) mass is 1140 g/mol. The van der Waals surface area contributed by atoms with E-state index in [9.17, 15) is 19.8 Å². The third kappa shape index (κ3) is 67.3. The summed E-state index contributed by atoms with van der Waals surface area (Å²) in [7, 11) is 0. The molecule has 0 aromatic carbocycles. The predicted molar refractivity (Wildman–Crippen MR) is 356 cm³/mol. The maximum Gasteiger partial charge on any atom is 0.305 e. The molecule has 0 aliphatic carbocycles. The number of aliphatic hydroxyl groups is 2. The van der Waals surface area contributed by atoms with E-state index in [1.807, 2.05) is 0 Å². The van der Waals surface area contributed by atoms with E-state index in [1.165, 1.54) is 340 Å². The Balaban J connectivity index is 3.42. The number of esters is 1. The van der Waals surface area contributed by atoms with Gasteiger partial charge in [-0.2, -0.15) is 0 Å². The van der Waals surface area contributed by atoms with Crippen LogP contribution in [0.4, 0.5) is 0 Å². The average molecular weight is 1140 g/mol. The zero-order chi connectivity index (χ0) is 58.5. The molecule has 0 aromatic heterocycles. The van der Waals surface area contributed by atoms with Crippen LogP contribution in [0.1, 0.15) is 418 Å². The van der Waals surface area contributed by atoms with Crippen LogP contribution in [0.15, 0.2) is 24.3 Å². The van der Waals surface area contributed by atoms with E-state index in [-0.39, 0.29) is 18.5 Å². The van der Waals surface area contributed by atoms with Crippen molar-refractivity contribution < 1.29 is 24.5 Å². The van der Waals surface area contributed by atoms with E-state index >= 15 is 0 Å². The summed E-state index contributed by atoms with van der Waals surface area (Å²) in [5.74, 6) is -0.0283. The normalized spacial score (nSPS) is 12.6. The molecule has 0 aliphatic rings. The lowest BCUT2D eigenvalue weighted by atomic mass is 10.0. The molecule has 0 rings (SSSR count). The molecule has 2 atom stereocenters. The van der Waals surface area contributed by atoms with Gasteiger partial charge < -0.3 is 20.3 Å². The SMILES string of the molecule is CCCCCCCCCCCCCCCCCCCCCCCCCCC(O)C(CO)NC(=O)CCCCCCCCC/C=C\C/C=C\CCCCCCCCCCCOC(=O)CCCCCCCCCCCCCCCCCCC. The summed E-state index contributed by atoms with van der Waals surface area (Å²) in [5, 5.41) is 23.4. The van der Waals surface area contributed by atoms with Crippen LogP contribution in [-0.2, 0) is 14.3 Å². The van der Waals surface area contributed by atoms with E-state index in [4.69, 9.17) is 4.74 Å². The number of allylic oxidation sites excluding steroid dienone is 4. The number of ether oxygens (including phenoxy) is 1. The minimum Gasteiger partial charge on any atom is -0.466 e. The molecular formula is C75H145NO5. The van der Waals surface area contributed by atoms with Crippen molar-refractivity contribution in [1.29, 1.82) is 0 Å². The number of hydrogen-bond acceptors (Lipinski definition) is 5. The van der Waals surface area contributed by atoms with Crippen molar-refractivity contribution in [3.8, 4) is 0 Å². The van der Waals surface area contributed by atoms with Gasteiger partial charge in [0.1, 0.15) is 0 Å². The molecule has 3 N–H and O–H groups in total. The highest BCUT2D eigenvalue weighted by atomic mass is 16.5. The number of rotatable bonds is 70. The molecule has 0 radical (unpaired) electrons. The molecule has 0 bridgehead atoms. The van der Waals surface area contributed by atoms with Crippen molar-refractivity contribution in [3.63, 3.8) is 0 Å². The lowest BCUT2D eigenvalue weighted by Crippen LogP contribution is -2.45. The molecule has 2 unspecified atom stereocenters. The van der Waals surface area contributed by atoms with E-state index in [0.29, 0.717) is 25.9 Å². The quantitative estimate of drug-likeness (QED) is 0.0320. The molecule has 6 nitrogen and oxygen atoms in total. The van der Waals surface area contributed by atoms with Crippen LogP contribution in [0.5, 0.6) is 0 Å². The van der Waals surface area contributed by atoms with Crippen molar-refractivity contribution in [3.05, 3.63) is 24.3 Å². The Bertz CT molecular complexity index is 1270. The Morgan fingerprint density at radius 1 is 0.346 bits per heavy atom. The molecule has 480 valence electrons. The Morgan fingerprint density at radius 2 is 0.617 bits per heavy atom. The van der Waals surface area contributed by atoms with Gasteiger partial charge in [0.2, 0.25) is 5.91 Å². The van der Waals surface area contributed by atoms with Gasteiger partial charge in [-0.3, -0.25) is 9.59 Å². The molecule has 81 heavy (non-hydrogen) atoms. The molecule has 0 saturated heterocycles. The summed E-state index contributed by atoms with van der Waals surface area (Å²) < 4.78 is 5.50. The fourth-order valence-corrected chi connectivity index (χ4v) is 11.9. The van der Waals surface area contributed by atoms with E-state index in [2.05, 4.69) is 43.5 Å². The molecule has 1 amide bonds. The number of carbonyl (C=O) groups is 2. The van der Waals surface area contributed by atoms with Crippen molar-refractivity contribution in [2.24, 2.45) is 0 Å². The average Bonchev–Trinajstić information content (AvgIpc) is 3.47. The number of amides is 1. The van der Waals surface area contributed by atoms with Gasteiger partial charge >= 0.3 is 5.97 Å². The number of carbonyl (C=O) groups excluding carboxylic acids is 2. The minimum atomic E-state index is -0.673. The number of unbranched alkanes of at least 4 members (excludes halogenated alkanes) is 55. The van der Waals surface area contributed by atoms with Crippen LogP contribution in [0.2, 0.25) is 0 Å². The Kier molecular flexibility index (Phi) is 69.4. The summed E-state index contributed by atoms with van der Waals surface area (Å²) in [5.41, 5.74) is 0. The van der Waals surface area contributed by atoms with Crippen LogP contribution in [-0.4, -0.2) is 47.4 Å². The Labute approximate surface area is 507 Å². The zero-order valence-electron chi connectivity index (χ0n) is 55.0. The van der Waals surface area contributed by atoms with E-state index in [0.717, 1.165) is 44.9 Å². The Hall–Kier alpha value is -1.66. The fraction of sp³-hybridized carbons (Fsp3) is 0.920. The molecule has 0 aliphatic heterocycles. The molecule has 0 aromatic rings. The largest absolute Gasteiger partial charge is 0.466 e. The zero-order valence-corrected chi connectivity index (χ0v) is 55.0. The maximum absolute atomic E-state index is 12.6. The van der Waals surface area contributed by atoms with Gasteiger partial charge in [0.15, 0.2) is 0 Å². The van der Waals surface area contributed by atoms with Gasteiger partial charge in [-0.15, -0.1) is 0 Å². The van der Waals surface area contributed by atoms with Gasteiger partial charge in [-0.1, -0.05) is 372 Å². The second-order valence-electron chi connectivity index (χ2n) is 25.6. The van der Waals surface area contributed by atoms with E-state index in [1.54, 1.807) is 0 Å². The highest BCUT2D eigenvalue weighted by molar-refractivity contribution is 5.76.